The minimum absolute atomic E-state index is 0.0482. The highest BCUT2D eigenvalue weighted by Gasteiger charge is 2.20. The van der Waals surface area contributed by atoms with E-state index in [0.717, 1.165) is 6.07 Å². The van der Waals surface area contributed by atoms with Crippen LogP contribution in [-0.4, -0.2) is 31.2 Å². The van der Waals surface area contributed by atoms with Crippen LogP contribution >= 0.6 is 0 Å². The molecular weight excluding hydrogens is 341 g/mol. The first-order chi connectivity index (χ1) is 12.4. The Balaban J connectivity index is 1.62. The molecule has 1 unspecified atom stereocenters. The molecule has 3 rings (SSSR count). The molecule has 1 heterocycles. The summed E-state index contributed by atoms with van der Waals surface area (Å²) >= 11 is 0. The van der Waals surface area contributed by atoms with Crippen molar-refractivity contribution in [2.45, 2.75) is 20.0 Å². The second-order valence-corrected chi connectivity index (χ2v) is 5.86. The zero-order valence-electron chi connectivity index (χ0n) is 14.4. The van der Waals surface area contributed by atoms with Crippen molar-refractivity contribution in [3.05, 3.63) is 53.3 Å². The van der Waals surface area contributed by atoms with Crippen molar-refractivity contribution in [2.75, 3.05) is 18.5 Å². The van der Waals surface area contributed by atoms with Crippen molar-refractivity contribution in [2.24, 2.45) is 0 Å². The van der Waals surface area contributed by atoms with E-state index in [1.165, 1.54) is 19.1 Å². The fourth-order valence-corrected chi connectivity index (χ4v) is 2.37. The maximum absolute atomic E-state index is 13.6. The van der Waals surface area contributed by atoms with E-state index in [2.05, 4.69) is 5.32 Å². The van der Waals surface area contributed by atoms with Crippen molar-refractivity contribution in [3.8, 4) is 11.5 Å². The number of esters is 1. The summed E-state index contributed by atoms with van der Waals surface area (Å²) in [5, 5.41) is 2.64. The first-order valence-corrected chi connectivity index (χ1v) is 8.11. The molecule has 0 spiro atoms. The summed E-state index contributed by atoms with van der Waals surface area (Å²) in [5.74, 6) is -0.645. The van der Waals surface area contributed by atoms with E-state index in [1.807, 2.05) is 0 Å². The van der Waals surface area contributed by atoms with Crippen molar-refractivity contribution in [1.82, 2.24) is 0 Å². The van der Waals surface area contributed by atoms with E-state index < -0.39 is 23.8 Å². The first kappa shape index (κ1) is 17.7. The number of ether oxygens (including phenoxy) is 3. The van der Waals surface area contributed by atoms with Gasteiger partial charge < -0.3 is 19.5 Å². The molecule has 2 aromatic carbocycles. The lowest BCUT2D eigenvalue weighted by Gasteiger charge is -2.19. The maximum atomic E-state index is 13.6. The number of carbonyl (C=O) groups is 2. The second kappa shape index (κ2) is 7.43. The van der Waals surface area contributed by atoms with Gasteiger partial charge in [0.1, 0.15) is 19.0 Å². The van der Waals surface area contributed by atoms with E-state index in [4.69, 9.17) is 14.2 Å². The molecule has 26 heavy (non-hydrogen) atoms. The van der Waals surface area contributed by atoms with Crippen LogP contribution in [0.2, 0.25) is 0 Å². The number of anilines is 1. The van der Waals surface area contributed by atoms with E-state index >= 15 is 0 Å². The molecule has 2 aromatic rings. The Kier molecular flexibility index (Phi) is 5.06. The summed E-state index contributed by atoms with van der Waals surface area (Å²) < 4.78 is 29.5. The Labute approximate surface area is 149 Å². The van der Waals surface area contributed by atoms with Crippen molar-refractivity contribution in [1.29, 1.82) is 0 Å². The van der Waals surface area contributed by atoms with Crippen LogP contribution in [0.4, 0.5) is 10.1 Å². The number of nitrogens with one attached hydrogen (secondary N) is 1. The number of hydrogen-bond acceptors (Lipinski definition) is 5. The molecule has 0 fully saturated rings. The molecule has 1 atom stereocenters. The highest BCUT2D eigenvalue weighted by Crippen LogP contribution is 2.32. The van der Waals surface area contributed by atoms with Crippen molar-refractivity contribution in [3.63, 3.8) is 0 Å². The zero-order chi connectivity index (χ0) is 18.7. The maximum Gasteiger partial charge on any atom is 0.339 e. The van der Waals surface area contributed by atoms with Gasteiger partial charge in [0, 0.05) is 11.8 Å². The Morgan fingerprint density at radius 3 is 2.58 bits per heavy atom. The SMILES string of the molecule is Cc1ccc(C(=O)OC(C)C(=O)Nc2ccc3c(c2)OCCO3)cc1F. The van der Waals surface area contributed by atoms with Gasteiger partial charge in [-0.3, -0.25) is 4.79 Å². The van der Waals surface area contributed by atoms with Gasteiger partial charge in [-0.05, 0) is 43.7 Å². The number of rotatable bonds is 4. The third kappa shape index (κ3) is 3.93. The largest absolute Gasteiger partial charge is 0.486 e. The predicted molar refractivity (Wildman–Crippen MR) is 92.1 cm³/mol. The average molecular weight is 359 g/mol. The minimum Gasteiger partial charge on any atom is -0.486 e. The summed E-state index contributed by atoms with van der Waals surface area (Å²) in [6, 6.07) is 9.00. The molecule has 1 amide bonds. The molecule has 1 N–H and O–H groups in total. The summed E-state index contributed by atoms with van der Waals surface area (Å²) in [6.45, 7) is 3.94. The van der Waals surface area contributed by atoms with Gasteiger partial charge in [0.2, 0.25) is 0 Å². The molecule has 0 bridgehead atoms. The lowest BCUT2D eigenvalue weighted by atomic mass is 10.1. The number of amides is 1. The van der Waals surface area contributed by atoms with Gasteiger partial charge in [-0.1, -0.05) is 6.07 Å². The standard InChI is InChI=1S/C19H18FNO5/c1-11-3-4-13(9-15(11)20)19(23)26-12(2)18(22)21-14-5-6-16-17(10-14)25-8-7-24-16/h3-6,9-10,12H,7-8H2,1-2H3,(H,21,22). The number of aryl methyl sites for hydroxylation is 1. The molecular formula is C19H18FNO5. The molecule has 6 nitrogen and oxygen atoms in total. The first-order valence-electron chi connectivity index (χ1n) is 8.11. The van der Waals surface area contributed by atoms with Crippen LogP contribution in [0.5, 0.6) is 11.5 Å². The third-order valence-electron chi connectivity index (χ3n) is 3.87. The fraction of sp³-hybridized carbons (Fsp3) is 0.263. The van der Waals surface area contributed by atoms with Crippen LogP contribution in [0.1, 0.15) is 22.8 Å². The van der Waals surface area contributed by atoms with Crippen LogP contribution in [0, 0.1) is 12.7 Å². The molecule has 0 aromatic heterocycles. The number of benzene rings is 2. The zero-order valence-corrected chi connectivity index (χ0v) is 14.4. The van der Waals surface area contributed by atoms with E-state index in [0.29, 0.717) is 36.0 Å². The molecule has 136 valence electrons. The van der Waals surface area contributed by atoms with Gasteiger partial charge in [0.05, 0.1) is 5.56 Å². The van der Waals surface area contributed by atoms with Gasteiger partial charge in [-0.2, -0.15) is 0 Å². The molecule has 0 radical (unpaired) electrons. The summed E-state index contributed by atoms with van der Waals surface area (Å²) in [6.07, 6.45) is -1.06. The normalized spacial score (nSPS) is 13.7. The Hall–Kier alpha value is -3.09. The van der Waals surface area contributed by atoms with E-state index in [9.17, 15) is 14.0 Å². The smallest absolute Gasteiger partial charge is 0.339 e. The number of carbonyl (C=O) groups excluding carboxylic acids is 2. The minimum atomic E-state index is -1.06. The quantitative estimate of drug-likeness (QED) is 0.849. The predicted octanol–water partition coefficient (Wildman–Crippen LogP) is 3.09. The fourth-order valence-electron chi connectivity index (χ4n) is 2.37. The van der Waals surface area contributed by atoms with Crippen LogP contribution in [0.25, 0.3) is 0 Å². The van der Waals surface area contributed by atoms with E-state index in [1.54, 1.807) is 25.1 Å². The summed E-state index contributed by atoms with van der Waals surface area (Å²) in [7, 11) is 0. The summed E-state index contributed by atoms with van der Waals surface area (Å²) in [4.78, 5) is 24.3. The molecule has 0 saturated heterocycles. The average Bonchev–Trinajstić information content (AvgIpc) is 2.63. The Morgan fingerprint density at radius 2 is 1.85 bits per heavy atom. The second-order valence-electron chi connectivity index (χ2n) is 5.86. The third-order valence-corrected chi connectivity index (χ3v) is 3.87. The van der Waals surface area contributed by atoms with Gasteiger partial charge in [0.15, 0.2) is 17.6 Å². The monoisotopic (exact) mass is 359 g/mol. The lowest BCUT2D eigenvalue weighted by molar-refractivity contribution is -0.123. The molecule has 1 aliphatic rings. The lowest BCUT2D eigenvalue weighted by Crippen LogP contribution is -2.30. The number of hydrogen-bond donors (Lipinski definition) is 1. The van der Waals surface area contributed by atoms with Crippen LogP contribution in [0.15, 0.2) is 36.4 Å². The highest BCUT2D eigenvalue weighted by molar-refractivity contribution is 5.97. The summed E-state index contributed by atoms with van der Waals surface area (Å²) in [5.41, 5.74) is 0.960. The number of halogens is 1. The molecule has 0 saturated carbocycles. The van der Waals surface area contributed by atoms with E-state index in [-0.39, 0.29) is 5.56 Å². The van der Waals surface area contributed by atoms with Gasteiger partial charge in [-0.25, -0.2) is 9.18 Å². The topological polar surface area (TPSA) is 73.9 Å². The molecule has 0 aliphatic carbocycles. The van der Waals surface area contributed by atoms with Crippen molar-refractivity contribution >= 4 is 17.6 Å². The van der Waals surface area contributed by atoms with Gasteiger partial charge in [0.25, 0.3) is 5.91 Å². The highest BCUT2D eigenvalue weighted by atomic mass is 19.1. The van der Waals surface area contributed by atoms with Gasteiger partial charge >= 0.3 is 5.97 Å². The van der Waals surface area contributed by atoms with Gasteiger partial charge in [-0.15, -0.1) is 0 Å². The molecule has 7 heteroatoms. The van der Waals surface area contributed by atoms with Crippen LogP contribution in [0.3, 0.4) is 0 Å². The van der Waals surface area contributed by atoms with Crippen molar-refractivity contribution < 1.29 is 28.2 Å². The van der Waals surface area contributed by atoms with Crippen LogP contribution < -0.4 is 14.8 Å². The van der Waals surface area contributed by atoms with Crippen LogP contribution in [-0.2, 0) is 9.53 Å². The Bertz CT molecular complexity index is 852. The Morgan fingerprint density at radius 1 is 1.12 bits per heavy atom. The molecule has 1 aliphatic heterocycles. The number of fused-ring (bicyclic) bond motifs is 1.